The Balaban J connectivity index is 1.88. The zero-order valence-electron chi connectivity index (χ0n) is 14.2. The van der Waals surface area contributed by atoms with Crippen LogP contribution in [-0.2, 0) is 11.3 Å². The lowest BCUT2D eigenvalue weighted by atomic mass is 9.94. The number of hydrogen-bond acceptors (Lipinski definition) is 3. The highest BCUT2D eigenvalue weighted by Crippen LogP contribution is 2.24. The molecule has 7 heteroatoms. The summed E-state index contributed by atoms with van der Waals surface area (Å²) in [7, 11) is 0. The second-order valence-electron chi connectivity index (χ2n) is 6.43. The minimum absolute atomic E-state index is 0.0176. The fourth-order valence-corrected chi connectivity index (χ4v) is 4.12. The first-order chi connectivity index (χ1) is 12.0. The predicted octanol–water partition coefficient (Wildman–Crippen LogP) is 3.88. The van der Waals surface area contributed by atoms with E-state index >= 15 is 0 Å². The number of benzene rings is 1. The first-order valence-corrected chi connectivity index (χ1v) is 9.40. The second kappa shape index (κ2) is 7.75. The Labute approximate surface area is 156 Å². The van der Waals surface area contributed by atoms with E-state index in [0.29, 0.717) is 27.5 Å². The van der Waals surface area contributed by atoms with Gasteiger partial charge in [-0.3, -0.25) is 14.2 Å². The van der Waals surface area contributed by atoms with Gasteiger partial charge in [0.25, 0.3) is 5.56 Å². The van der Waals surface area contributed by atoms with Crippen molar-refractivity contribution >= 4 is 40.0 Å². The molecule has 1 heterocycles. The number of likely N-dealkylation sites (N-methyl/N-ethyl adjacent to an activating group) is 1. The summed E-state index contributed by atoms with van der Waals surface area (Å²) in [4.78, 5) is 31.6. The number of halogens is 2. The van der Waals surface area contributed by atoms with Crippen LogP contribution in [0.2, 0.25) is 10.0 Å². The number of carbonyl (C=O) groups excluding carboxylic acids is 1. The SMILES string of the molecule is CCN(C(=O)Cn1cnc2c(Cl)cc(Cl)cc2c1=O)C1CCCCC1. The zero-order chi connectivity index (χ0) is 18.0. The monoisotopic (exact) mass is 381 g/mol. The Morgan fingerprint density at radius 2 is 2.00 bits per heavy atom. The van der Waals surface area contributed by atoms with Crippen molar-refractivity contribution in [2.75, 3.05) is 6.54 Å². The molecule has 0 N–H and O–H groups in total. The third kappa shape index (κ3) is 3.82. The third-order valence-corrected chi connectivity index (χ3v) is 5.33. The van der Waals surface area contributed by atoms with E-state index in [1.165, 1.54) is 23.4 Å². The molecule has 1 amide bonds. The van der Waals surface area contributed by atoms with Gasteiger partial charge in [0, 0.05) is 17.6 Å². The molecule has 0 aliphatic heterocycles. The van der Waals surface area contributed by atoms with E-state index < -0.39 is 0 Å². The first-order valence-electron chi connectivity index (χ1n) is 8.65. The van der Waals surface area contributed by atoms with Crippen LogP contribution in [-0.4, -0.2) is 32.9 Å². The van der Waals surface area contributed by atoms with E-state index in [9.17, 15) is 9.59 Å². The third-order valence-electron chi connectivity index (χ3n) is 4.83. The van der Waals surface area contributed by atoms with Gasteiger partial charge in [0.15, 0.2) is 0 Å². The van der Waals surface area contributed by atoms with Crippen LogP contribution in [0.1, 0.15) is 39.0 Å². The smallest absolute Gasteiger partial charge is 0.261 e. The molecule has 1 aliphatic rings. The van der Waals surface area contributed by atoms with Gasteiger partial charge in [-0.15, -0.1) is 0 Å². The molecule has 134 valence electrons. The number of hydrogen-bond donors (Lipinski definition) is 0. The van der Waals surface area contributed by atoms with Crippen molar-refractivity contribution in [1.82, 2.24) is 14.5 Å². The quantitative estimate of drug-likeness (QED) is 0.806. The van der Waals surface area contributed by atoms with Crippen molar-refractivity contribution in [2.24, 2.45) is 0 Å². The van der Waals surface area contributed by atoms with Crippen LogP contribution in [0.15, 0.2) is 23.3 Å². The number of rotatable bonds is 4. The fraction of sp³-hybridized carbons (Fsp3) is 0.500. The van der Waals surface area contributed by atoms with Crippen molar-refractivity contribution in [1.29, 1.82) is 0 Å². The molecule has 1 fully saturated rings. The Morgan fingerprint density at radius 1 is 1.28 bits per heavy atom. The summed E-state index contributed by atoms with van der Waals surface area (Å²) in [6.07, 6.45) is 7.01. The van der Waals surface area contributed by atoms with Crippen LogP contribution < -0.4 is 5.56 Å². The van der Waals surface area contributed by atoms with Crippen molar-refractivity contribution in [3.05, 3.63) is 38.9 Å². The van der Waals surface area contributed by atoms with Gasteiger partial charge < -0.3 is 4.90 Å². The number of carbonyl (C=O) groups is 1. The summed E-state index contributed by atoms with van der Waals surface area (Å²) in [5, 5.41) is 1.03. The molecule has 0 spiro atoms. The van der Waals surface area contributed by atoms with Gasteiger partial charge in [0.05, 0.1) is 22.3 Å². The van der Waals surface area contributed by atoms with E-state index in [2.05, 4.69) is 4.98 Å². The van der Waals surface area contributed by atoms with Gasteiger partial charge in [-0.2, -0.15) is 0 Å². The maximum Gasteiger partial charge on any atom is 0.261 e. The topological polar surface area (TPSA) is 55.2 Å². The molecule has 0 bridgehead atoms. The zero-order valence-corrected chi connectivity index (χ0v) is 15.7. The van der Waals surface area contributed by atoms with Crippen molar-refractivity contribution in [2.45, 2.75) is 51.6 Å². The standard InChI is InChI=1S/C18H21Cl2N3O2/c1-2-23(13-6-4-3-5-7-13)16(24)10-22-11-21-17-14(18(22)25)8-12(19)9-15(17)20/h8-9,11,13H,2-7,10H2,1H3. The average molecular weight is 382 g/mol. The van der Waals surface area contributed by atoms with Crippen LogP contribution in [0.5, 0.6) is 0 Å². The molecule has 0 unspecified atom stereocenters. The van der Waals surface area contributed by atoms with E-state index in [4.69, 9.17) is 23.2 Å². The number of fused-ring (bicyclic) bond motifs is 1. The maximum atomic E-state index is 12.8. The summed E-state index contributed by atoms with van der Waals surface area (Å²) >= 11 is 12.1. The molecule has 1 saturated carbocycles. The molecule has 2 aromatic rings. The molecule has 0 saturated heterocycles. The Hall–Kier alpha value is -1.59. The Kier molecular flexibility index (Phi) is 5.64. The largest absolute Gasteiger partial charge is 0.338 e. The lowest BCUT2D eigenvalue weighted by molar-refractivity contribution is -0.134. The van der Waals surface area contributed by atoms with E-state index in [1.54, 1.807) is 6.07 Å². The molecule has 0 atom stereocenters. The number of nitrogens with zero attached hydrogens (tertiary/aromatic N) is 3. The molecule has 3 rings (SSSR count). The highest BCUT2D eigenvalue weighted by Gasteiger charge is 2.24. The van der Waals surface area contributed by atoms with Crippen LogP contribution in [0, 0.1) is 0 Å². The van der Waals surface area contributed by atoms with Crippen LogP contribution in [0.3, 0.4) is 0 Å². The summed E-state index contributed by atoms with van der Waals surface area (Å²) in [6.45, 7) is 2.61. The van der Waals surface area contributed by atoms with Crippen LogP contribution in [0.25, 0.3) is 10.9 Å². The number of amides is 1. The van der Waals surface area contributed by atoms with Gasteiger partial charge in [0.2, 0.25) is 5.91 Å². The highest BCUT2D eigenvalue weighted by molar-refractivity contribution is 6.38. The van der Waals surface area contributed by atoms with Crippen LogP contribution >= 0.6 is 23.2 Å². The Bertz CT molecular complexity index is 844. The molecular weight excluding hydrogens is 361 g/mol. The molecule has 5 nitrogen and oxygen atoms in total. The van der Waals surface area contributed by atoms with Gasteiger partial charge >= 0.3 is 0 Å². The van der Waals surface area contributed by atoms with E-state index in [1.807, 2.05) is 11.8 Å². The van der Waals surface area contributed by atoms with E-state index in [-0.39, 0.29) is 24.1 Å². The van der Waals surface area contributed by atoms with Crippen molar-refractivity contribution in [3.8, 4) is 0 Å². The summed E-state index contributed by atoms with van der Waals surface area (Å²) < 4.78 is 1.34. The molecular formula is C18H21Cl2N3O2. The minimum Gasteiger partial charge on any atom is -0.338 e. The molecule has 0 radical (unpaired) electrons. The normalized spacial score (nSPS) is 15.5. The second-order valence-corrected chi connectivity index (χ2v) is 7.28. The summed E-state index contributed by atoms with van der Waals surface area (Å²) in [5.74, 6) is -0.0502. The Morgan fingerprint density at radius 3 is 2.68 bits per heavy atom. The van der Waals surface area contributed by atoms with Gasteiger partial charge in [-0.05, 0) is 31.9 Å². The summed E-state index contributed by atoms with van der Waals surface area (Å²) in [5.41, 5.74) is 0.0989. The first kappa shape index (κ1) is 18.2. The predicted molar refractivity (Wildman–Crippen MR) is 100 cm³/mol. The number of aromatic nitrogens is 2. The molecule has 1 aliphatic carbocycles. The van der Waals surface area contributed by atoms with Crippen molar-refractivity contribution in [3.63, 3.8) is 0 Å². The average Bonchev–Trinajstić information content (AvgIpc) is 2.59. The summed E-state index contributed by atoms with van der Waals surface area (Å²) in [6, 6.07) is 3.37. The fourth-order valence-electron chi connectivity index (χ4n) is 3.57. The van der Waals surface area contributed by atoms with E-state index in [0.717, 1.165) is 25.7 Å². The van der Waals surface area contributed by atoms with Gasteiger partial charge in [-0.1, -0.05) is 42.5 Å². The highest BCUT2D eigenvalue weighted by atomic mass is 35.5. The lowest BCUT2D eigenvalue weighted by Gasteiger charge is -2.33. The maximum absolute atomic E-state index is 12.8. The molecule has 25 heavy (non-hydrogen) atoms. The van der Waals surface area contributed by atoms with Gasteiger partial charge in [-0.25, -0.2) is 4.98 Å². The van der Waals surface area contributed by atoms with Crippen molar-refractivity contribution < 1.29 is 4.79 Å². The molecule has 1 aromatic heterocycles. The minimum atomic E-state index is -0.303. The lowest BCUT2D eigenvalue weighted by Crippen LogP contribution is -2.44. The molecule has 1 aromatic carbocycles. The van der Waals surface area contributed by atoms with Gasteiger partial charge in [0.1, 0.15) is 6.54 Å². The van der Waals surface area contributed by atoms with Crippen LogP contribution in [0.4, 0.5) is 0 Å².